The van der Waals surface area contributed by atoms with Gasteiger partial charge in [-0.3, -0.25) is 4.90 Å². The third-order valence-electron chi connectivity index (χ3n) is 3.48. The van der Waals surface area contributed by atoms with Crippen molar-refractivity contribution in [2.24, 2.45) is 0 Å². The van der Waals surface area contributed by atoms with Gasteiger partial charge in [0.1, 0.15) is 12.4 Å². The van der Waals surface area contributed by atoms with Gasteiger partial charge in [-0.2, -0.15) is 0 Å². The van der Waals surface area contributed by atoms with Crippen molar-refractivity contribution in [3.63, 3.8) is 0 Å². The fourth-order valence-electron chi connectivity index (χ4n) is 2.47. The van der Waals surface area contributed by atoms with Gasteiger partial charge in [0.15, 0.2) is 5.82 Å². The highest BCUT2D eigenvalue weighted by Gasteiger charge is 2.26. The van der Waals surface area contributed by atoms with Gasteiger partial charge in [0.05, 0.1) is 17.3 Å². The molecule has 0 N–H and O–H groups in total. The van der Waals surface area contributed by atoms with Crippen LogP contribution >= 0.6 is 11.3 Å². The van der Waals surface area contributed by atoms with Gasteiger partial charge in [0.2, 0.25) is 0 Å². The van der Waals surface area contributed by atoms with E-state index in [2.05, 4.69) is 32.4 Å². The van der Waals surface area contributed by atoms with Crippen LogP contribution in [0.3, 0.4) is 0 Å². The Balaban J connectivity index is 1.67. The van der Waals surface area contributed by atoms with Crippen molar-refractivity contribution >= 4 is 11.3 Å². The number of thiazole rings is 1. The minimum absolute atomic E-state index is 0.00549. The molecule has 1 aliphatic rings. The second-order valence-electron chi connectivity index (χ2n) is 4.93. The summed E-state index contributed by atoms with van der Waals surface area (Å²) in [4.78, 5) is 6.90. The lowest BCUT2D eigenvalue weighted by Crippen LogP contribution is -2.38. The highest BCUT2D eigenvalue weighted by molar-refractivity contribution is 7.09. The molecule has 108 valence electrons. The van der Waals surface area contributed by atoms with E-state index < -0.39 is 0 Å². The van der Waals surface area contributed by atoms with Crippen molar-refractivity contribution in [1.29, 1.82) is 0 Å². The molecule has 3 rings (SSSR count). The molecular formula is C13H19N5OS. The third-order valence-corrected chi connectivity index (χ3v) is 4.30. The SMILES string of the molecule is CCn1cnnc1[C@H]1CN(Cc2csc(C)n2)CCO1. The summed E-state index contributed by atoms with van der Waals surface area (Å²) < 4.78 is 7.90. The number of aryl methyl sites for hydroxylation is 2. The zero-order valence-corrected chi connectivity index (χ0v) is 12.6. The van der Waals surface area contributed by atoms with Crippen molar-refractivity contribution in [2.45, 2.75) is 33.0 Å². The predicted octanol–water partition coefficient (Wildman–Crippen LogP) is 1.64. The molecule has 1 fully saturated rings. The van der Waals surface area contributed by atoms with Gasteiger partial charge in [0.25, 0.3) is 0 Å². The van der Waals surface area contributed by atoms with Crippen molar-refractivity contribution in [1.82, 2.24) is 24.6 Å². The topological polar surface area (TPSA) is 56.1 Å². The van der Waals surface area contributed by atoms with Gasteiger partial charge < -0.3 is 9.30 Å². The summed E-state index contributed by atoms with van der Waals surface area (Å²) in [5.74, 6) is 0.923. The summed E-state index contributed by atoms with van der Waals surface area (Å²) in [7, 11) is 0. The van der Waals surface area contributed by atoms with Crippen molar-refractivity contribution in [3.8, 4) is 0 Å². The van der Waals surface area contributed by atoms with E-state index in [1.165, 1.54) is 0 Å². The summed E-state index contributed by atoms with van der Waals surface area (Å²) in [6.45, 7) is 8.39. The molecule has 1 atom stereocenters. The second-order valence-corrected chi connectivity index (χ2v) is 5.99. The minimum atomic E-state index is 0.00549. The zero-order valence-electron chi connectivity index (χ0n) is 11.8. The highest BCUT2D eigenvalue weighted by atomic mass is 32.1. The van der Waals surface area contributed by atoms with Crippen LogP contribution in [0.15, 0.2) is 11.7 Å². The molecule has 0 bridgehead atoms. The van der Waals surface area contributed by atoms with Crippen LogP contribution in [0.5, 0.6) is 0 Å². The highest BCUT2D eigenvalue weighted by Crippen LogP contribution is 2.22. The second kappa shape index (κ2) is 5.99. The van der Waals surface area contributed by atoms with E-state index in [-0.39, 0.29) is 6.10 Å². The molecule has 2 aromatic rings. The van der Waals surface area contributed by atoms with Crippen LogP contribution in [0.1, 0.15) is 29.6 Å². The van der Waals surface area contributed by atoms with E-state index in [0.29, 0.717) is 0 Å². The molecule has 0 spiro atoms. The summed E-state index contributed by atoms with van der Waals surface area (Å²) in [5.41, 5.74) is 1.14. The number of nitrogens with zero attached hydrogens (tertiary/aromatic N) is 5. The molecule has 0 unspecified atom stereocenters. The van der Waals surface area contributed by atoms with Crippen LogP contribution in [0.2, 0.25) is 0 Å². The molecule has 0 aromatic carbocycles. The Hall–Kier alpha value is -1.31. The first kappa shape index (κ1) is 13.7. The number of morpholine rings is 1. The summed E-state index contributed by atoms with van der Waals surface area (Å²) in [6.07, 6.45) is 1.77. The average molecular weight is 293 g/mol. The van der Waals surface area contributed by atoms with E-state index in [9.17, 15) is 0 Å². The van der Waals surface area contributed by atoms with Crippen LogP contribution in [0.25, 0.3) is 0 Å². The molecule has 20 heavy (non-hydrogen) atoms. The summed E-state index contributed by atoms with van der Waals surface area (Å²) in [5, 5.41) is 11.4. The van der Waals surface area contributed by atoms with Crippen LogP contribution in [0.4, 0.5) is 0 Å². The Kier molecular flexibility index (Phi) is 4.09. The molecule has 0 radical (unpaired) electrons. The van der Waals surface area contributed by atoms with Crippen LogP contribution in [-0.4, -0.2) is 44.3 Å². The third kappa shape index (κ3) is 2.89. The molecule has 0 amide bonds. The zero-order chi connectivity index (χ0) is 13.9. The number of rotatable bonds is 4. The van der Waals surface area contributed by atoms with Crippen molar-refractivity contribution < 1.29 is 4.74 Å². The van der Waals surface area contributed by atoms with Gasteiger partial charge >= 0.3 is 0 Å². The fourth-order valence-corrected chi connectivity index (χ4v) is 3.07. The van der Waals surface area contributed by atoms with E-state index >= 15 is 0 Å². The van der Waals surface area contributed by atoms with Gasteiger partial charge in [-0.05, 0) is 13.8 Å². The van der Waals surface area contributed by atoms with E-state index in [1.54, 1.807) is 17.7 Å². The monoisotopic (exact) mass is 293 g/mol. The van der Waals surface area contributed by atoms with Crippen LogP contribution in [0, 0.1) is 6.92 Å². The van der Waals surface area contributed by atoms with Gasteiger partial charge in [-0.25, -0.2) is 4.98 Å². The lowest BCUT2D eigenvalue weighted by Gasteiger charge is -2.31. The number of ether oxygens (including phenoxy) is 1. The Bertz CT molecular complexity index is 567. The maximum atomic E-state index is 5.86. The largest absolute Gasteiger partial charge is 0.368 e. The number of aromatic nitrogens is 4. The van der Waals surface area contributed by atoms with Gasteiger partial charge in [-0.15, -0.1) is 21.5 Å². The van der Waals surface area contributed by atoms with Crippen molar-refractivity contribution in [2.75, 3.05) is 19.7 Å². The normalized spacial score (nSPS) is 20.4. The predicted molar refractivity (Wildman–Crippen MR) is 76.5 cm³/mol. The Morgan fingerprint density at radius 3 is 3.15 bits per heavy atom. The molecule has 1 saturated heterocycles. The molecule has 6 nitrogen and oxygen atoms in total. The Morgan fingerprint density at radius 2 is 2.40 bits per heavy atom. The molecular weight excluding hydrogens is 274 g/mol. The summed E-state index contributed by atoms with van der Waals surface area (Å²) in [6, 6.07) is 0. The summed E-state index contributed by atoms with van der Waals surface area (Å²) >= 11 is 1.70. The van der Waals surface area contributed by atoms with Crippen LogP contribution < -0.4 is 0 Å². The van der Waals surface area contributed by atoms with Gasteiger partial charge in [-0.1, -0.05) is 0 Å². The number of hydrogen-bond donors (Lipinski definition) is 0. The first-order valence-corrected chi connectivity index (χ1v) is 7.77. The molecule has 1 aliphatic heterocycles. The number of hydrogen-bond acceptors (Lipinski definition) is 6. The van der Waals surface area contributed by atoms with E-state index in [1.807, 2.05) is 11.5 Å². The first-order valence-electron chi connectivity index (χ1n) is 6.89. The standard InChI is InChI=1S/C13H19N5OS/c1-3-18-9-14-16-13(18)12-7-17(4-5-19-12)6-11-8-20-10(2)15-11/h8-9,12H,3-7H2,1-2H3/t12-/m1/s1. The van der Waals surface area contributed by atoms with E-state index in [0.717, 1.165) is 49.3 Å². The first-order chi connectivity index (χ1) is 9.76. The van der Waals surface area contributed by atoms with Crippen molar-refractivity contribution in [3.05, 3.63) is 28.2 Å². The van der Waals surface area contributed by atoms with Gasteiger partial charge in [0, 0.05) is 31.6 Å². The molecule has 2 aromatic heterocycles. The quantitative estimate of drug-likeness (QED) is 0.857. The molecule has 3 heterocycles. The molecule has 0 aliphatic carbocycles. The maximum absolute atomic E-state index is 5.86. The van der Waals surface area contributed by atoms with E-state index in [4.69, 9.17) is 4.74 Å². The lowest BCUT2D eigenvalue weighted by atomic mass is 10.2. The Labute approximate surface area is 122 Å². The smallest absolute Gasteiger partial charge is 0.163 e. The molecule has 0 saturated carbocycles. The average Bonchev–Trinajstić information content (AvgIpc) is 3.08. The maximum Gasteiger partial charge on any atom is 0.163 e. The fraction of sp³-hybridized carbons (Fsp3) is 0.615. The molecule has 7 heteroatoms. The lowest BCUT2D eigenvalue weighted by molar-refractivity contribution is -0.0391. The minimum Gasteiger partial charge on any atom is -0.368 e. The Morgan fingerprint density at radius 1 is 1.50 bits per heavy atom. The van der Waals surface area contributed by atoms with Crippen LogP contribution in [-0.2, 0) is 17.8 Å².